The molecule has 3 N–H and O–H groups in total. The van der Waals surface area contributed by atoms with Crippen molar-refractivity contribution in [2.75, 3.05) is 20.1 Å². The molecule has 0 radical (unpaired) electrons. The van der Waals surface area contributed by atoms with Gasteiger partial charge in [0.25, 0.3) is 0 Å². The molecule has 1 aliphatic rings. The number of rotatable bonds is 2. The third kappa shape index (κ3) is 2.16. The predicted molar refractivity (Wildman–Crippen MR) is 55.3 cm³/mol. The summed E-state index contributed by atoms with van der Waals surface area (Å²) in [6, 6.07) is -0.340. The highest BCUT2D eigenvalue weighted by atomic mass is 16.2. The highest BCUT2D eigenvalue weighted by Gasteiger charge is 2.25. The summed E-state index contributed by atoms with van der Waals surface area (Å²) in [5.74, 6) is 0.0278. The van der Waals surface area contributed by atoms with Crippen LogP contribution in [0.5, 0.6) is 0 Å². The molecule has 1 saturated heterocycles. The molecule has 1 aliphatic heterocycles. The summed E-state index contributed by atoms with van der Waals surface area (Å²) in [6.45, 7) is 3.41. The molecular formula is C9H18N4O. The van der Waals surface area contributed by atoms with Crippen LogP contribution in [-0.2, 0) is 0 Å². The zero-order valence-corrected chi connectivity index (χ0v) is 8.79. The lowest BCUT2D eigenvalue weighted by Crippen LogP contribution is -2.48. The summed E-state index contributed by atoms with van der Waals surface area (Å²) >= 11 is 0. The molecule has 1 atom stereocenters. The van der Waals surface area contributed by atoms with E-state index in [2.05, 4.69) is 0 Å². The molecule has 5 nitrogen and oxygen atoms in total. The number of likely N-dealkylation sites (N-methyl/N-ethyl adjacent to an activating group) is 1. The normalized spacial score (nSPS) is 18.0. The molecule has 80 valence electrons. The van der Waals surface area contributed by atoms with Gasteiger partial charge >= 0.3 is 6.03 Å². The van der Waals surface area contributed by atoms with Gasteiger partial charge in [0.1, 0.15) is 5.84 Å². The van der Waals surface area contributed by atoms with Crippen LogP contribution in [0.1, 0.15) is 19.8 Å². The Kier molecular flexibility index (Phi) is 3.33. The first-order valence-electron chi connectivity index (χ1n) is 4.89. The first kappa shape index (κ1) is 10.8. The van der Waals surface area contributed by atoms with Crippen molar-refractivity contribution in [1.29, 1.82) is 5.41 Å². The average Bonchev–Trinajstić information content (AvgIpc) is 2.67. The Hall–Kier alpha value is -1.26. The number of nitrogens with two attached hydrogens (primary N) is 1. The van der Waals surface area contributed by atoms with Gasteiger partial charge in [-0.25, -0.2) is 4.79 Å². The second-order valence-corrected chi connectivity index (χ2v) is 3.72. The van der Waals surface area contributed by atoms with Gasteiger partial charge in [0.15, 0.2) is 0 Å². The van der Waals surface area contributed by atoms with Crippen molar-refractivity contribution in [3.05, 3.63) is 0 Å². The molecule has 1 fully saturated rings. The zero-order chi connectivity index (χ0) is 10.7. The third-order valence-electron chi connectivity index (χ3n) is 2.71. The van der Waals surface area contributed by atoms with Crippen LogP contribution in [0.25, 0.3) is 0 Å². The van der Waals surface area contributed by atoms with Crippen molar-refractivity contribution < 1.29 is 4.79 Å². The highest BCUT2D eigenvalue weighted by molar-refractivity contribution is 5.87. The van der Waals surface area contributed by atoms with Crippen molar-refractivity contribution in [1.82, 2.24) is 9.80 Å². The Bertz CT molecular complexity index is 235. The third-order valence-corrected chi connectivity index (χ3v) is 2.71. The van der Waals surface area contributed by atoms with E-state index >= 15 is 0 Å². The lowest BCUT2D eigenvalue weighted by Gasteiger charge is -2.28. The lowest BCUT2D eigenvalue weighted by atomic mass is 10.3. The summed E-state index contributed by atoms with van der Waals surface area (Å²) in [5, 5.41) is 7.26. The molecule has 0 spiro atoms. The summed E-state index contributed by atoms with van der Waals surface area (Å²) in [7, 11) is 1.69. The number of carbonyl (C=O) groups is 1. The number of urea groups is 1. The summed E-state index contributed by atoms with van der Waals surface area (Å²) in [4.78, 5) is 15.1. The van der Waals surface area contributed by atoms with E-state index < -0.39 is 0 Å². The molecule has 0 bridgehead atoms. The first-order valence-corrected chi connectivity index (χ1v) is 4.89. The topological polar surface area (TPSA) is 73.4 Å². The molecular weight excluding hydrogens is 180 g/mol. The molecule has 0 aromatic heterocycles. The van der Waals surface area contributed by atoms with E-state index in [1.807, 2.05) is 0 Å². The summed E-state index contributed by atoms with van der Waals surface area (Å²) in [6.07, 6.45) is 2.15. The standard InChI is InChI=1S/C9H18N4O/c1-7(8(10)11)12(2)9(14)13-5-3-4-6-13/h7H,3-6H2,1-2H3,(H3,10,11). The van der Waals surface area contributed by atoms with E-state index in [1.54, 1.807) is 18.9 Å². The van der Waals surface area contributed by atoms with Crippen molar-refractivity contribution >= 4 is 11.9 Å². The second kappa shape index (κ2) is 4.30. The molecule has 14 heavy (non-hydrogen) atoms. The van der Waals surface area contributed by atoms with E-state index in [-0.39, 0.29) is 17.9 Å². The Labute approximate surface area is 84.4 Å². The van der Waals surface area contributed by atoms with Crippen LogP contribution in [0.4, 0.5) is 4.79 Å². The fourth-order valence-corrected chi connectivity index (χ4v) is 1.51. The monoisotopic (exact) mass is 198 g/mol. The minimum Gasteiger partial charge on any atom is -0.386 e. The van der Waals surface area contributed by atoms with Crippen molar-refractivity contribution in [3.63, 3.8) is 0 Å². The number of carbonyl (C=O) groups excluding carboxylic acids is 1. The van der Waals surface area contributed by atoms with Crippen molar-refractivity contribution in [2.45, 2.75) is 25.8 Å². The Morgan fingerprint density at radius 3 is 2.43 bits per heavy atom. The Morgan fingerprint density at radius 2 is 2.00 bits per heavy atom. The van der Waals surface area contributed by atoms with Gasteiger partial charge < -0.3 is 15.5 Å². The van der Waals surface area contributed by atoms with Crippen LogP contribution in [0.2, 0.25) is 0 Å². The fourth-order valence-electron chi connectivity index (χ4n) is 1.51. The maximum atomic E-state index is 11.8. The van der Waals surface area contributed by atoms with Crippen LogP contribution in [0.15, 0.2) is 0 Å². The summed E-state index contributed by atoms with van der Waals surface area (Å²) in [5.41, 5.74) is 5.34. The second-order valence-electron chi connectivity index (χ2n) is 3.72. The minimum absolute atomic E-state index is 0.0230. The molecule has 0 aliphatic carbocycles. The SMILES string of the molecule is CC(C(=N)N)N(C)C(=O)N1CCCC1. The van der Waals surface area contributed by atoms with Gasteiger partial charge in [-0.1, -0.05) is 0 Å². The first-order chi connectivity index (χ1) is 6.54. The van der Waals surface area contributed by atoms with Crippen LogP contribution < -0.4 is 5.73 Å². The quantitative estimate of drug-likeness (QED) is 0.499. The number of nitrogens with one attached hydrogen (secondary N) is 1. The maximum Gasteiger partial charge on any atom is 0.320 e. The minimum atomic E-state index is -0.317. The fraction of sp³-hybridized carbons (Fsp3) is 0.778. The van der Waals surface area contributed by atoms with Gasteiger partial charge in [-0.3, -0.25) is 5.41 Å². The van der Waals surface area contributed by atoms with E-state index in [0.717, 1.165) is 25.9 Å². The number of nitrogens with zero attached hydrogens (tertiary/aromatic N) is 2. The molecule has 0 saturated carbocycles. The predicted octanol–water partition coefficient (Wildman–Crippen LogP) is 0.458. The molecule has 0 aromatic rings. The molecule has 1 unspecified atom stereocenters. The van der Waals surface area contributed by atoms with Crippen molar-refractivity contribution in [3.8, 4) is 0 Å². The number of likely N-dealkylation sites (tertiary alicyclic amines) is 1. The van der Waals surface area contributed by atoms with E-state index in [4.69, 9.17) is 11.1 Å². The Balaban J connectivity index is 2.54. The molecule has 2 amide bonds. The maximum absolute atomic E-state index is 11.8. The molecule has 0 aromatic carbocycles. The van der Waals surface area contributed by atoms with Gasteiger partial charge in [-0.2, -0.15) is 0 Å². The molecule has 1 rings (SSSR count). The van der Waals surface area contributed by atoms with Gasteiger partial charge in [0, 0.05) is 20.1 Å². The highest BCUT2D eigenvalue weighted by Crippen LogP contribution is 2.11. The van der Waals surface area contributed by atoms with E-state index in [1.165, 1.54) is 4.90 Å². The number of hydrogen-bond acceptors (Lipinski definition) is 2. The van der Waals surface area contributed by atoms with Crippen LogP contribution in [-0.4, -0.2) is 47.8 Å². The summed E-state index contributed by atoms with van der Waals surface area (Å²) < 4.78 is 0. The van der Waals surface area contributed by atoms with Gasteiger partial charge in [-0.15, -0.1) is 0 Å². The van der Waals surface area contributed by atoms with Gasteiger partial charge in [0.2, 0.25) is 0 Å². The van der Waals surface area contributed by atoms with Gasteiger partial charge in [-0.05, 0) is 19.8 Å². The van der Waals surface area contributed by atoms with Crippen molar-refractivity contribution in [2.24, 2.45) is 5.73 Å². The van der Waals surface area contributed by atoms with E-state index in [9.17, 15) is 4.79 Å². The van der Waals surface area contributed by atoms with E-state index in [0.29, 0.717) is 0 Å². The number of amidine groups is 1. The average molecular weight is 198 g/mol. The molecule has 5 heteroatoms. The zero-order valence-electron chi connectivity index (χ0n) is 8.79. The van der Waals surface area contributed by atoms with Gasteiger partial charge in [0.05, 0.1) is 6.04 Å². The Morgan fingerprint density at radius 1 is 1.50 bits per heavy atom. The number of amides is 2. The van der Waals surface area contributed by atoms with Crippen LogP contribution >= 0.6 is 0 Å². The lowest BCUT2D eigenvalue weighted by molar-refractivity contribution is 0.168. The van der Waals surface area contributed by atoms with Crippen LogP contribution in [0.3, 0.4) is 0 Å². The largest absolute Gasteiger partial charge is 0.386 e. The van der Waals surface area contributed by atoms with Crippen LogP contribution in [0, 0.1) is 5.41 Å². The number of hydrogen-bond donors (Lipinski definition) is 2. The smallest absolute Gasteiger partial charge is 0.320 e. The molecule has 1 heterocycles.